The number of phenols is 1. The van der Waals surface area contributed by atoms with Gasteiger partial charge in [0.1, 0.15) is 5.75 Å². The van der Waals surface area contributed by atoms with E-state index in [-0.39, 0.29) is 21.7 Å². The van der Waals surface area contributed by atoms with Crippen molar-refractivity contribution in [2.24, 2.45) is 0 Å². The Morgan fingerprint density at radius 2 is 1.21 bits per heavy atom. The molecule has 28 heavy (non-hydrogen) atoms. The normalized spacial score (nSPS) is 10.2. The second-order valence-electron chi connectivity index (χ2n) is 7.17. The van der Waals surface area contributed by atoms with Gasteiger partial charge in [-0.2, -0.15) is 27.8 Å². The van der Waals surface area contributed by atoms with E-state index in [0.29, 0.717) is 5.75 Å². The van der Waals surface area contributed by atoms with Gasteiger partial charge in [0.25, 0.3) is 0 Å². The molecule has 0 heterocycles. The van der Waals surface area contributed by atoms with E-state index in [2.05, 4.69) is 40.7 Å². The minimum atomic E-state index is 0. The molecule has 4 rings (SSSR count). The summed E-state index contributed by atoms with van der Waals surface area (Å²) in [5.74, 6) is 0.329. The predicted octanol–water partition coefficient (Wildman–Crippen LogP) is 7.16. The largest absolute Gasteiger partial charge is 3.00 e. The van der Waals surface area contributed by atoms with Crippen molar-refractivity contribution in [2.45, 2.75) is 34.6 Å². The van der Waals surface area contributed by atoms with Crippen LogP contribution in [0.1, 0.15) is 27.8 Å². The Morgan fingerprint density at radius 3 is 1.75 bits per heavy atom. The minimum Gasteiger partial charge on any atom is -0.507 e. The zero-order valence-corrected chi connectivity index (χ0v) is 18.9. The monoisotopic (exact) mass is 403 g/mol. The van der Waals surface area contributed by atoms with Gasteiger partial charge in [-0.15, -0.1) is 0 Å². The molecule has 0 saturated heterocycles. The average Bonchev–Trinajstić information content (AvgIpc) is 2.87. The van der Waals surface area contributed by atoms with Crippen LogP contribution >= 0.6 is 0 Å². The molecule has 0 aliphatic heterocycles. The number of phenolic OH excluding ortho intramolecular Hbond substituents is 1. The average molecular weight is 403 g/mol. The van der Waals surface area contributed by atoms with Crippen LogP contribution in [0.15, 0.2) is 66.7 Å². The minimum absolute atomic E-state index is 0. The summed E-state index contributed by atoms with van der Waals surface area (Å²) in [6, 6.07) is 21.8. The molecular weight excluding hydrogens is 376 g/mol. The molecule has 1 radical (unpaired) electrons. The van der Waals surface area contributed by atoms with Gasteiger partial charge in [0.2, 0.25) is 0 Å². The van der Waals surface area contributed by atoms with Gasteiger partial charge < -0.3 is 5.11 Å². The summed E-state index contributed by atoms with van der Waals surface area (Å²) in [5, 5.41) is 12.3. The first-order valence-corrected chi connectivity index (χ1v) is 9.37. The van der Waals surface area contributed by atoms with E-state index in [1.807, 2.05) is 54.6 Å². The summed E-state index contributed by atoms with van der Waals surface area (Å²) in [6.45, 7) is 11.0. The van der Waals surface area contributed by atoms with Crippen LogP contribution < -0.4 is 0 Å². The summed E-state index contributed by atoms with van der Waals surface area (Å²) in [6.07, 6.45) is 0. The summed E-state index contributed by atoms with van der Waals surface area (Å²) in [5.41, 5.74) is 9.29. The van der Waals surface area contributed by atoms with Crippen molar-refractivity contribution in [3.05, 3.63) is 94.5 Å². The van der Waals surface area contributed by atoms with Gasteiger partial charge in [0, 0.05) is 5.56 Å². The summed E-state index contributed by atoms with van der Waals surface area (Å²) < 4.78 is 0. The molecule has 0 aliphatic rings. The number of benzene rings is 3. The van der Waals surface area contributed by atoms with Crippen LogP contribution in [-0.2, 0) is 21.7 Å². The molecule has 2 heteroatoms. The maximum atomic E-state index is 10.1. The maximum Gasteiger partial charge on any atom is 3.00 e. The van der Waals surface area contributed by atoms with Crippen LogP contribution in [0, 0.1) is 34.6 Å². The fraction of sp³-hybridized carbons (Fsp3) is 0.192. The summed E-state index contributed by atoms with van der Waals surface area (Å²) in [7, 11) is 0. The first-order valence-electron chi connectivity index (χ1n) is 9.37. The van der Waals surface area contributed by atoms with Crippen LogP contribution in [0.3, 0.4) is 0 Å². The van der Waals surface area contributed by atoms with Crippen molar-refractivity contribution in [3.63, 3.8) is 0 Å². The van der Waals surface area contributed by atoms with E-state index in [1.54, 1.807) is 6.07 Å². The van der Waals surface area contributed by atoms with E-state index >= 15 is 0 Å². The second-order valence-corrected chi connectivity index (χ2v) is 7.17. The van der Waals surface area contributed by atoms with E-state index in [0.717, 1.165) is 21.9 Å². The molecule has 0 aliphatic carbocycles. The zero-order valence-electron chi connectivity index (χ0n) is 17.3. The van der Waals surface area contributed by atoms with Crippen molar-refractivity contribution in [1.29, 1.82) is 0 Å². The molecule has 0 unspecified atom stereocenters. The number of fused-ring (bicyclic) bond motifs is 1. The van der Waals surface area contributed by atoms with Crippen molar-refractivity contribution in [1.82, 2.24) is 0 Å². The van der Waals surface area contributed by atoms with E-state index in [4.69, 9.17) is 0 Å². The third kappa shape index (κ3) is 4.27. The zero-order chi connectivity index (χ0) is 19.6. The fourth-order valence-corrected chi connectivity index (χ4v) is 3.57. The van der Waals surface area contributed by atoms with E-state index in [1.165, 1.54) is 27.8 Å². The SMILES string of the molecule is Cc1c(C)c(C)[c-](C)c1C.Oc1ccc2ccccc2c1-c1ccccc1.[Ti+3]. The van der Waals surface area contributed by atoms with Crippen LogP contribution in [0.25, 0.3) is 21.9 Å². The quantitative estimate of drug-likeness (QED) is 0.264. The van der Waals surface area contributed by atoms with Gasteiger partial charge >= 0.3 is 21.7 Å². The second kappa shape index (κ2) is 9.32. The smallest absolute Gasteiger partial charge is 0.507 e. The Kier molecular flexibility index (Phi) is 7.35. The molecule has 0 aromatic heterocycles. The molecule has 0 amide bonds. The van der Waals surface area contributed by atoms with E-state index in [9.17, 15) is 5.11 Å². The van der Waals surface area contributed by atoms with Crippen LogP contribution in [0.5, 0.6) is 5.75 Å². The molecule has 0 atom stereocenters. The van der Waals surface area contributed by atoms with Gasteiger partial charge in [-0.3, -0.25) is 0 Å². The Labute approximate surface area is 183 Å². The Balaban J connectivity index is 0.000000221. The summed E-state index contributed by atoms with van der Waals surface area (Å²) in [4.78, 5) is 0. The molecule has 1 nitrogen and oxygen atoms in total. The standard InChI is InChI=1S/C16H12O.C10H15.Ti/c17-15-11-10-12-6-4-5-9-14(12)16(15)13-7-2-1-3-8-13;1-6-7(2)9(4)10(5)8(6)3;/h1-11,17H;1-5H3;/q;-1;+3. The predicted molar refractivity (Wildman–Crippen MR) is 117 cm³/mol. The topological polar surface area (TPSA) is 20.2 Å². The molecule has 139 valence electrons. The van der Waals surface area contributed by atoms with Gasteiger partial charge in [-0.05, 0) is 22.4 Å². The molecule has 1 N–H and O–H groups in total. The number of hydrogen-bond acceptors (Lipinski definition) is 1. The molecule has 0 bridgehead atoms. The van der Waals surface area contributed by atoms with Crippen LogP contribution in [0.4, 0.5) is 0 Å². The maximum absolute atomic E-state index is 10.1. The fourth-order valence-electron chi connectivity index (χ4n) is 3.57. The molecule has 4 aromatic rings. The molecular formula is C26H27OTi+2. The van der Waals surface area contributed by atoms with Crippen molar-refractivity contribution in [3.8, 4) is 16.9 Å². The number of rotatable bonds is 1. The van der Waals surface area contributed by atoms with Gasteiger partial charge in [-0.25, -0.2) is 0 Å². The van der Waals surface area contributed by atoms with Gasteiger partial charge in [0.15, 0.2) is 0 Å². The van der Waals surface area contributed by atoms with Crippen LogP contribution in [-0.4, -0.2) is 5.11 Å². The Bertz CT molecular complexity index is 994. The third-order valence-electron chi connectivity index (χ3n) is 5.78. The number of hydrogen-bond donors (Lipinski definition) is 1. The first kappa shape index (κ1) is 22.1. The molecule has 0 spiro atoms. The number of aromatic hydroxyl groups is 1. The van der Waals surface area contributed by atoms with Crippen molar-refractivity contribution >= 4 is 10.8 Å². The van der Waals surface area contributed by atoms with Crippen molar-refractivity contribution < 1.29 is 26.8 Å². The summed E-state index contributed by atoms with van der Waals surface area (Å²) >= 11 is 0. The van der Waals surface area contributed by atoms with E-state index < -0.39 is 0 Å². The van der Waals surface area contributed by atoms with Crippen molar-refractivity contribution in [2.75, 3.05) is 0 Å². The van der Waals surface area contributed by atoms with Crippen LogP contribution in [0.2, 0.25) is 0 Å². The van der Waals surface area contributed by atoms with Gasteiger partial charge in [0.05, 0.1) is 0 Å². The van der Waals surface area contributed by atoms with Gasteiger partial charge in [-0.1, -0.05) is 95.3 Å². The Morgan fingerprint density at radius 1 is 0.679 bits per heavy atom. The Hall–Kier alpha value is -2.22. The third-order valence-corrected chi connectivity index (χ3v) is 5.78. The first-order chi connectivity index (χ1) is 12.9. The molecule has 0 saturated carbocycles. The molecule has 0 fully saturated rings. The molecule has 4 aromatic carbocycles.